The Kier molecular flexibility index (Phi) is 4.34. The van der Waals surface area contributed by atoms with Gasteiger partial charge in [0, 0.05) is 12.7 Å². The molecule has 4 nitrogen and oxygen atoms in total. The molecule has 1 aromatic heterocycles. The van der Waals surface area contributed by atoms with E-state index in [9.17, 15) is 4.21 Å². The number of para-hydroxylation sites is 1. The smallest absolute Gasteiger partial charge is 0.197 e. The number of hydrogen-bond donors (Lipinski definition) is 2. The normalized spacial score (nSPS) is 12.0. The lowest BCUT2D eigenvalue weighted by atomic mass is 10.2. The molecule has 0 spiro atoms. The minimum Gasteiger partial charge on any atom is -0.388 e. The molecular formula is C17H17N3OS. The van der Waals surface area contributed by atoms with Gasteiger partial charge < -0.3 is 10.3 Å². The molecule has 0 saturated heterocycles. The standard InChI is InChI=1S/C17H17N3OS/c1-18-15-10-6-5-9-14(15)12-22(21)17-19-11-16(20-17)13-7-3-2-4-8-13/h2-11,18H,12H2,1H3,(H,19,20). The van der Waals surface area contributed by atoms with Crippen molar-refractivity contribution in [2.24, 2.45) is 0 Å². The molecule has 0 aliphatic rings. The largest absolute Gasteiger partial charge is 0.388 e. The number of anilines is 1. The summed E-state index contributed by atoms with van der Waals surface area (Å²) in [6, 6.07) is 17.8. The zero-order chi connectivity index (χ0) is 15.4. The molecule has 1 atom stereocenters. The summed E-state index contributed by atoms with van der Waals surface area (Å²) in [5.41, 5.74) is 3.92. The van der Waals surface area contributed by atoms with Crippen LogP contribution >= 0.6 is 0 Å². The van der Waals surface area contributed by atoms with E-state index in [4.69, 9.17) is 0 Å². The van der Waals surface area contributed by atoms with Gasteiger partial charge in [-0.1, -0.05) is 48.5 Å². The third kappa shape index (κ3) is 3.09. The number of benzene rings is 2. The first kappa shape index (κ1) is 14.5. The van der Waals surface area contributed by atoms with Crippen molar-refractivity contribution in [1.82, 2.24) is 9.97 Å². The van der Waals surface area contributed by atoms with Crippen LogP contribution in [0, 0.1) is 0 Å². The summed E-state index contributed by atoms with van der Waals surface area (Å²) < 4.78 is 12.5. The summed E-state index contributed by atoms with van der Waals surface area (Å²) >= 11 is 0. The van der Waals surface area contributed by atoms with Crippen molar-refractivity contribution in [3.8, 4) is 11.3 Å². The minimum absolute atomic E-state index is 0.429. The maximum atomic E-state index is 12.5. The molecule has 0 radical (unpaired) electrons. The second-order valence-corrected chi connectivity index (χ2v) is 6.23. The molecule has 0 aliphatic carbocycles. The van der Waals surface area contributed by atoms with E-state index < -0.39 is 10.8 Å². The Labute approximate surface area is 132 Å². The Morgan fingerprint density at radius 2 is 1.82 bits per heavy atom. The second kappa shape index (κ2) is 6.58. The molecule has 1 unspecified atom stereocenters. The Morgan fingerprint density at radius 3 is 2.59 bits per heavy atom. The van der Waals surface area contributed by atoms with E-state index in [1.165, 1.54) is 0 Å². The van der Waals surface area contributed by atoms with Gasteiger partial charge in [-0.3, -0.25) is 4.21 Å². The third-order valence-electron chi connectivity index (χ3n) is 3.43. The lowest BCUT2D eigenvalue weighted by Crippen LogP contribution is -2.02. The van der Waals surface area contributed by atoms with Gasteiger partial charge in [0.25, 0.3) is 0 Å². The van der Waals surface area contributed by atoms with Crippen LogP contribution in [-0.4, -0.2) is 21.2 Å². The number of rotatable bonds is 5. The second-order valence-electron chi connectivity index (χ2n) is 4.87. The quantitative estimate of drug-likeness (QED) is 0.759. The Morgan fingerprint density at radius 1 is 1.09 bits per heavy atom. The van der Waals surface area contributed by atoms with E-state index in [0.29, 0.717) is 10.9 Å². The van der Waals surface area contributed by atoms with Gasteiger partial charge in [-0.15, -0.1) is 0 Å². The molecule has 5 heteroatoms. The number of aromatic amines is 1. The van der Waals surface area contributed by atoms with Crippen molar-refractivity contribution in [3.63, 3.8) is 0 Å². The molecule has 112 valence electrons. The van der Waals surface area contributed by atoms with Gasteiger partial charge in [-0.05, 0) is 17.2 Å². The highest BCUT2D eigenvalue weighted by molar-refractivity contribution is 7.84. The number of hydrogen-bond acceptors (Lipinski definition) is 3. The van der Waals surface area contributed by atoms with Crippen molar-refractivity contribution >= 4 is 16.5 Å². The minimum atomic E-state index is -1.21. The van der Waals surface area contributed by atoms with Gasteiger partial charge in [0.15, 0.2) is 5.16 Å². The van der Waals surface area contributed by atoms with Crippen molar-refractivity contribution in [2.45, 2.75) is 10.9 Å². The van der Waals surface area contributed by atoms with Crippen molar-refractivity contribution < 1.29 is 4.21 Å². The predicted octanol–water partition coefficient (Wildman–Crippen LogP) is 3.43. The van der Waals surface area contributed by atoms with Gasteiger partial charge in [0.05, 0.1) is 28.4 Å². The zero-order valence-electron chi connectivity index (χ0n) is 12.2. The first-order valence-electron chi connectivity index (χ1n) is 7.02. The number of aromatic nitrogens is 2. The fourth-order valence-electron chi connectivity index (χ4n) is 2.28. The summed E-state index contributed by atoms with van der Waals surface area (Å²) in [6.07, 6.45) is 1.73. The molecule has 0 fully saturated rings. The molecular weight excluding hydrogens is 294 g/mol. The molecule has 2 N–H and O–H groups in total. The molecule has 1 heterocycles. The lowest BCUT2D eigenvalue weighted by Gasteiger charge is -2.07. The predicted molar refractivity (Wildman–Crippen MR) is 90.1 cm³/mol. The van der Waals surface area contributed by atoms with Gasteiger partial charge in [0.1, 0.15) is 0 Å². The molecule has 3 aromatic rings. The topological polar surface area (TPSA) is 57.8 Å². The van der Waals surface area contributed by atoms with E-state index in [0.717, 1.165) is 22.5 Å². The average Bonchev–Trinajstić information content (AvgIpc) is 3.06. The number of imidazole rings is 1. The van der Waals surface area contributed by atoms with Crippen molar-refractivity contribution in [3.05, 3.63) is 66.4 Å². The Hall–Kier alpha value is -2.40. The van der Waals surface area contributed by atoms with Crippen molar-refractivity contribution in [2.75, 3.05) is 12.4 Å². The van der Waals surface area contributed by atoms with Crippen molar-refractivity contribution in [1.29, 1.82) is 0 Å². The molecule has 3 rings (SSSR count). The van der Waals surface area contributed by atoms with E-state index in [-0.39, 0.29) is 0 Å². The third-order valence-corrected chi connectivity index (χ3v) is 4.64. The molecule has 0 saturated carbocycles. The van der Waals surface area contributed by atoms with Gasteiger partial charge in [-0.25, -0.2) is 4.98 Å². The van der Waals surface area contributed by atoms with Crippen LogP contribution in [0.25, 0.3) is 11.3 Å². The Bertz CT molecular complexity index is 783. The summed E-state index contributed by atoms with van der Waals surface area (Å²) in [5, 5.41) is 3.62. The number of nitrogens with one attached hydrogen (secondary N) is 2. The van der Waals surface area contributed by atoms with E-state index >= 15 is 0 Å². The SMILES string of the molecule is CNc1ccccc1CS(=O)c1ncc(-c2ccccc2)[nH]1. The monoisotopic (exact) mass is 311 g/mol. The first-order chi connectivity index (χ1) is 10.8. The molecule has 0 amide bonds. The van der Waals surface area contributed by atoms with Crippen LogP contribution in [0.1, 0.15) is 5.56 Å². The first-order valence-corrected chi connectivity index (χ1v) is 8.34. The molecule has 22 heavy (non-hydrogen) atoms. The van der Waals surface area contributed by atoms with Crippen LogP contribution in [0.2, 0.25) is 0 Å². The number of nitrogens with zero attached hydrogens (tertiary/aromatic N) is 1. The fraction of sp³-hybridized carbons (Fsp3) is 0.118. The summed E-state index contributed by atoms with van der Waals surface area (Å²) in [5.74, 6) is 0.429. The summed E-state index contributed by atoms with van der Waals surface area (Å²) in [4.78, 5) is 7.42. The van der Waals surface area contributed by atoms with E-state index in [1.54, 1.807) is 6.20 Å². The van der Waals surface area contributed by atoms with Crippen LogP contribution in [0.3, 0.4) is 0 Å². The Balaban J connectivity index is 1.80. The summed E-state index contributed by atoms with van der Waals surface area (Å²) in [6.45, 7) is 0. The molecule has 0 bridgehead atoms. The molecule has 0 aliphatic heterocycles. The van der Waals surface area contributed by atoms with Crippen LogP contribution in [-0.2, 0) is 16.6 Å². The van der Waals surface area contributed by atoms with Gasteiger partial charge in [-0.2, -0.15) is 0 Å². The van der Waals surface area contributed by atoms with Gasteiger partial charge in [0.2, 0.25) is 0 Å². The lowest BCUT2D eigenvalue weighted by molar-refractivity contribution is 0.677. The highest BCUT2D eigenvalue weighted by atomic mass is 32.2. The van der Waals surface area contributed by atoms with E-state index in [2.05, 4.69) is 15.3 Å². The van der Waals surface area contributed by atoms with Crippen LogP contribution in [0.15, 0.2) is 66.0 Å². The maximum absolute atomic E-state index is 12.5. The summed E-state index contributed by atoms with van der Waals surface area (Å²) in [7, 11) is 0.657. The maximum Gasteiger partial charge on any atom is 0.197 e. The van der Waals surface area contributed by atoms with Crippen LogP contribution in [0.5, 0.6) is 0 Å². The molecule has 2 aromatic carbocycles. The van der Waals surface area contributed by atoms with Crippen LogP contribution in [0.4, 0.5) is 5.69 Å². The average molecular weight is 311 g/mol. The zero-order valence-corrected chi connectivity index (χ0v) is 13.1. The fourth-order valence-corrected chi connectivity index (χ4v) is 3.35. The van der Waals surface area contributed by atoms with Gasteiger partial charge >= 0.3 is 0 Å². The number of H-pyrrole nitrogens is 1. The highest BCUT2D eigenvalue weighted by Gasteiger charge is 2.12. The van der Waals surface area contributed by atoms with E-state index in [1.807, 2.05) is 61.6 Å². The highest BCUT2D eigenvalue weighted by Crippen LogP contribution is 2.21. The van der Waals surface area contributed by atoms with Crippen LogP contribution < -0.4 is 5.32 Å².